The molecule has 0 radical (unpaired) electrons. The fourth-order valence-corrected chi connectivity index (χ4v) is 3.04. The average Bonchev–Trinajstić information content (AvgIpc) is 2.63. The summed E-state index contributed by atoms with van der Waals surface area (Å²) >= 11 is 0. The Kier molecular flexibility index (Phi) is 11.6. The van der Waals surface area contributed by atoms with Crippen LogP contribution in [-0.2, 0) is 16.1 Å². The molecule has 158 valence electrons. The third-order valence-corrected chi connectivity index (χ3v) is 4.45. The Bertz CT molecular complexity index is 551. The van der Waals surface area contributed by atoms with Crippen molar-refractivity contribution < 1.29 is 14.3 Å². The van der Waals surface area contributed by atoms with Crippen LogP contribution in [0.25, 0.3) is 0 Å². The molecule has 0 spiro atoms. The average molecular weight is 390 g/mol. The highest BCUT2D eigenvalue weighted by Crippen LogP contribution is 2.18. The molecule has 0 fully saturated rings. The fraction of sp³-hybridized carbons (Fsp3) is 0.625. The van der Waals surface area contributed by atoms with Gasteiger partial charge in [0, 0.05) is 6.04 Å². The van der Waals surface area contributed by atoms with Crippen LogP contribution >= 0.6 is 0 Å². The molecule has 0 aromatic heterocycles. The SMILES string of the molecule is C=CCC[C@@H](C[C@H](CCCCC)OCc1ccccc1)NC(=O)OC(C)(C)C. The number of hydrogen-bond acceptors (Lipinski definition) is 3. The summed E-state index contributed by atoms with van der Waals surface area (Å²) < 4.78 is 11.7. The summed E-state index contributed by atoms with van der Waals surface area (Å²) in [7, 11) is 0. The fourth-order valence-electron chi connectivity index (χ4n) is 3.04. The van der Waals surface area contributed by atoms with Crippen LogP contribution in [-0.4, -0.2) is 23.8 Å². The largest absolute Gasteiger partial charge is 0.444 e. The van der Waals surface area contributed by atoms with Gasteiger partial charge in [-0.2, -0.15) is 0 Å². The highest BCUT2D eigenvalue weighted by Gasteiger charge is 2.22. The van der Waals surface area contributed by atoms with E-state index in [1.165, 1.54) is 18.4 Å². The predicted molar refractivity (Wildman–Crippen MR) is 116 cm³/mol. The molecule has 0 saturated heterocycles. The molecule has 0 aliphatic rings. The maximum atomic E-state index is 12.3. The van der Waals surface area contributed by atoms with Crippen molar-refractivity contribution in [3.8, 4) is 0 Å². The second-order valence-electron chi connectivity index (χ2n) is 8.36. The van der Waals surface area contributed by atoms with Crippen molar-refractivity contribution in [2.45, 2.75) is 97.0 Å². The van der Waals surface area contributed by atoms with Gasteiger partial charge in [-0.05, 0) is 52.0 Å². The summed E-state index contributed by atoms with van der Waals surface area (Å²) in [5.74, 6) is 0. The molecule has 0 unspecified atom stereocenters. The highest BCUT2D eigenvalue weighted by molar-refractivity contribution is 5.68. The molecule has 1 N–H and O–H groups in total. The zero-order chi connectivity index (χ0) is 20.8. The molecular weight excluding hydrogens is 350 g/mol. The number of unbranched alkanes of at least 4 members (excludes halogenated alkanes) is 2. The molecule has 0 aliphatic carbocycles. The molecule has 1 aromatic rings. The maximum Gasteiger partial charge on any atom is 0.407 e. The molecule has 0 saturated carbocycles. The first-order chi connectivity index (χ1) is 13.3. The molecule has 4 heteroatoms. The first-order valence-corrected chi connectivity index (χ1v) is 10.6. The molecule has 0 aliphatic heterocycles. The van der Waals surface area contributed by atoms with Crippen LogP contribution in [0.2, 0.25) is 0 Å². The smallest absolute Gasteiger partial charge is 0.407 e. The molecular formula is C24H39NO3. The van der Waals surface area contributed by atoms with Crippen LogP contribution in [0.3, 0.4) is 0 Å². The third-order valence-electron chi connectivity index (χ3n) is 4.45. The summed E-state index contributed by atoms with van der Waals surface area (Å²) in [5.41, 5.74) is 0.669. The van der Waals surface area contributed by atoms with E-state index in [9.17, 15) is 4.79 Å². The maximum absolute atomic E-state index is 12.3. The molecule has 0 bridgehead atoms. The monoisotopic (exact) mass is 389 g/mol. The number of nitrogens with one attached hydrogen (secondary N) is 1. The predicted octanol–water partition coefficient (Wildman–Crippen LogP) is 6.40. The van der Waals surface area contributed by atoms with E-state index in [0.29, 0.717) is 6.61 Å². The normalized spacial score (nSPS) is 13.6. The van der Waals surface area contributed by atoms with Gasteiger partial charge in [-0.15, -0.1) is 6.58 Å². The lowest BCUT2D eigenvalue weighted by atomic mass is 10.00. The second kappa shape index (κ2) is 13.4. The number of amides is 1. The van der Waals surface area contributed by atoms with Gasteiger partial charge in [-0.3, -0.25) is 0 Å². The van der Waals surface area contributed by atoms with Gasteiger partial charge in [0.1, 0.15) is 5.60 Å². The number of carbonyl (C=O) groups is 1. The zero-order valence-electron chi connectivity index (χ0n) is 18.2. The van der Waals surface area contributed by atoms with Gasteiger partial charge >= 0.3 is 6.09 Å². The summed E-state index contributed by atoms with van der Waals surface area (Å²) in [6, 6.07) is 10.2. The Morgan fingerprint density at radius 1 is 1.18 bits per heavy atom. The van der Waals surface area contributed by atoms with E-state index in [1.54, 1.807) is 0 Å². The number of benzene rings is 1. The first-order valence-electron chi connectivity index (χ1n) is 10.6. The Labute approximate surface area is 171 Å². The van der Waals surface area contributed by atoms with Crippen LogP contribution in [0.1, 0.15) is 78.2 Å². The number of hydrogen-bond donors (Lipinski definition) is 1. The minimum absolute atomic E-state index is 0.00949. The van der Waals surface area contributed by atoms with Crippen molar-refractivity contribution in [1.29, 1.82) is 0 Å². The summed E-state index contributed by atoms with van der Waals surface area (Å²) in [5, 5.41) is 3.04. The molecule has 4 nitrogen and oxygen atoms in total. The van der Waals surface area contributed by atoms with E-state index >= 15 is 0 Å². The molecule has 1 aromatic carbocycles. The quantitative estimate of drug-likeness (QED) is 0.313. The molecule has 0 heterocycles. The van der Waals surface area contributed by atoms with Gasteiger partial charge in [0.2, 0.25) is 0 Å². The first kappa shape index (κ1) is 24.2. The molecule has 28 heavy (non-hydrogen) atoms. The zero-order valence-corrected chi connectivity index (χ0v) is 18.2. The van der Waals surface area contributed by atoms with Crippen LogP contribution in [0.5, 0.6) is 0 Å². The molecule has 1 rings (SSSR count). The van der Waals surface area contributed by atoms with Gasteiger partial charge in [0.15, 0.2) is 0 Å². The Hall–Kier alpha value is -1.81. The number of ether oxygens (including phenoxy) is 2. The van der Waals surface area contributed by atoms with Gasteiger partial charge in [-0.1, -0.05) is 62.6 Å². The van der Waals surface area contributed by atoms with Crippen molar-refractivity contribution in [1.82, 2.24) is 5.32 Å². The van der Waals surface area contributed by atoms with E-state index < -0.39 is 5.60 Å². The number of carbonyl (C=O) groups excluding carboxylic acids is 1. The minimum atomic E-state index is -0.503. The minimum Gasteiger partial charge on any atom is -0.444 e. The summed E-state index contributed by atoms with van der Waals surface area (Å²) in [4.78, 5) is 12.3. The topological polar surface area (TPSA) is 47.6 Å². The second-order valence-corrected chi connectivity index (χ2v) is 8.36. The Morgan fingerprint density at radius 2 is 1.89 bits per heavy atom. The molecule has 1 amide bonds. The van der Waals surface area contributed by atoms with Crippen LogP contribution < -0.4 is 5.32 Å². The van der Waals surface area contributed by atoms with Crippen molar-refractivity contribution >= 4 is 6.09 Å². The number of rotatable bonds is 13. The number of alkyl carbamates (subject to hydrolysis) is 1. The Morgan fingerprint density at radius 3 is 2.50 bits per heavy atom. The van der Waals surface area contributed by atoms with Gasteiger partial charge < -0.3 is 14.8 Å². The van der Waals surface area contributed by atoms with Crippen LogP contribution in [0, 0.1) is 0 Å². The van der Waals surface area contributed by atoms with Crippen LogP contribution in [0.4, 0.5) is 4.79 Å². The summed E-state index contributed by atoms with van der Waals surface area (Å²) in [6.07, 6.45) is 8.61. The van der Waals surface area contributed by atoms with Crippen LogP contribution in [0.15, 0.2) is 43.0 Å². The van der Waals surface area contributed by atoms with Crippen molar-refractivity contribution in [3.05, 3.63) is 48.6 Å². The van der Waals surface area contributed by atoms with E-state index in [-0.39, 0.29) is 18.2 Å². The lowest BCUT2D eigenvalue weighted by molar-refractivity contribution is 0.0170. The molecule has 2 atom stereocenters. The highest BCUT2D eigenvalue weighted by atomic mass is 16.6. The standard InChI is InChI=1S/C24H39NO3/c1-6-8-11-17-22(27-19-20-14-12-10-13-15-20)18-21(16-9-7-2)25-23(26)28-24(3,4)5/h7,10,12-15,21-22H,2,6,8-9,11,16-19H2,1,3-5H3,(H,25,26)/t21-,22-/m0/s1. The third kappa shape index (κ3) is 11.8. The lowest BCUT2D eigenvalue weighted by Gasteiger charge is -2.27. The number of allylic oxidation sites excluding steroid dienone is 1. The summed E-state index contributed by atoms with van der Waals surface area (Å²) in [6.45, 7) is 12.2. The van der Waals surface area contributed by atoms with E-state index in [4.69, 9.17) is 9.47 Å². The van der Waals surface area contributed by atoms with Crippen molar-refractivity contribution in [2.75, 3.05) is 0 Å². The van der Waals surface area contributed by atoms with Gasteiger partial charge in [-0.25, -0.2) is 4.79 Å². The van der Waals surface area contributed by atoms with E-state index in [0.717, 1.165) is 32.1 Å². The van der Waals surface area contributed by atoms with E-state index in [2.05, 4.69) is 31.0 Å². The van der Waals surface area contributed by atoms with Crippen molar-refractivity contribution in [3.63, 3.8) is 0 Å². The van der Waals surface area contributed by atoms with Gasteiger partial charge in [0.25, 0.3) is 0 Å². The van der Waals surface area contributed by atoms with Gasteiger partial charge in [0.05, 0.1) is 12.7 Å². The van der Waals surface area contributed by atoms with E-state index in [1.807, 2.05) is 45.0 Å². The lowest BCUT2D eigenvalue weighted by Crippen LogP contribution is -2.41. The van der Waals surface area contributed by atoms with Crippen molar-refractivity contribution in [2.24, 2.45) is 0 Å². The Balaban J connectivity index is 2.69.